The fourth-order valence-corrected chi connectivity index (χ4v) is 3.76. The van der Waals surface area contributed by atoms with Crippen molar-refractivity contribution >= 4 is 18.1 Å². The van der Waals surface area contributed by atoms with Crippen LogP contribution in [0.1, 0.15) is 67.2 Å². The monoisotopic (exact) mass is 380 g/mol. The summed E-state index contributed by atoms with van der Waals surface area (Å²) in [5.41, 5.74) is -0.881. The van der Waals surface area contributed by atoms with Gasteiger partial charge in [0.1, 0.15) is 11.2 Å². The van der Waals surface area contributed by atoms with E-state index in [1.54, 1.807) is 20.8 Å². The fourth-order valence-electron chi connectivity index (χ4n) is 3.76. The zero-order valence-corrected chi connectivity index (χ0v) is 17.3. The van der Waals surface area contributed by atoms with Crippen LogP contribution in [0.2, 0.25) is 0 Å². The number of carbonyl (C=O) groups excluding carboxylic acids is 3. The summed E-state index contributed by atoms with van der Waals surface area (Å²) in [7, 11) is 0. The van der Waals surface area contributed by atoms with Crippen LogP contribution in [0, 0.1) is 11.8 Å². The molecular formula is C20H32N2O5. The molecule has 2 heterocycles. The van der Waals surface area contributed by atoms with E-state index >= 15 is 0 Å². The van der Waals surface area contributed by atoms with Crippen LogP contribution in [0.25, 0.3) is 0 Å². The van der Waals surface area contributed by atoms with Crippen LogP contribution in [0.15, 0.2) is 0 Å². The van der Waals surface area contributed by atoms with Gasteiger partial charge in [0.05, 0.1) is 0 Å². The van der Waals surface area contributed by atoms with Crippen LogP contribution in [0.3, 0.4) is 0 Å². The van der Waals surface area contributed by atoms with Crippen molar-refractivity contribution in [1.29, 1.82) is 0 Å². The molecule has 0 bridgehead atoms. The number of fused-ring (bicyclic) bond motifs is 2. The highest BCUT2D eigenvalue weighted by Crippen LogP contribution is 2.46. The topological polar surface area (TPSA) is 76.1 Å². The summed E-state index contributed by atoms with van der Waals surface area (Å²) in [5, 5.41) is 0. The first-order valence-electron chi connectivity index (χ1n) is 9.90. The average Bonchev–Trinajstić information content (AvgIpc) is 3.33. The Labute approximate surface area is 161 Å². The minimum absolute atomic E-state index is 0.0829. The molecule has 27 heavy (non-hydrogen) atoms. The maximum absolute atomic E-state index is 11.6. The van der Waals surface area contributed by atoms with E-state index in [1.165, 1.54) is 17.7 Å². The molecule has 2 aliphatic carbocycles. The number of rotatable bonds is 0. The molecule has 0 aromatic heterocycles. The minimum atomic E-state index is -0.523. The van der Waals surface area contributed by atoms with E-state index in [0.717, 1.165) is 18.9 Å². The highest BCUT2D eigenvalue weighted by atomic mass is 16.6. The lowest BCUT2D eigenvalue weighted by molar-refractivity contribution is -0.128. The molecular weight excluding hydrogens is 348 g/mol. The minimum Gasteiger partial charge on any atom is -0.444 e. The summed E-state index contributed by atoms with van der Waals surface area (Å²) in [6.07, 6.45) is 3.24. The summed E-state index contributed by atoms with van der Waals surface area (Å²) in [6, 6.07) is 0.646. The third-order valence-electron chi connectivity index (χ3n) is 5.17. The molecule has 4 unspecified atom stereocenters. The Hall–Kier alpha value is -1.79. The molecule has 4 aliphatic rings. The van der Waals surface area contributed by atoms with Crippen LogP contribution in [-0.2, 0) is 14.3 Å². The molecule has 152 valence electrons. The van der Waals surface area contributed by atoms with E-state index in [4.69, 9.17) is 9.47 Å². The van der Waals surface area contributed by atoms with Gasteiger partial charge in [-0.1, -0.05) is 0 Å². The van der Waals surface area contributed by atoms with Crippen molar-refractivity contribution in [2.75, 3.05) is 6.54 Å². The molecule has 2 saturated heterocycles. The highest BCUT2D eigenvalue weighted by molar-refractivity contribution is 5.95. The van der Waals surface area contributed by atoms with Crippen LogP contribution in [-0.4, -0.2) is 57.7 Å². The Balaban J connectivity index is 0.000000156. The van der Waals surface area contributed by atoms with Gasteiger partial charge in [0.25, 0.3) is 0 Å². The van der Waals surface area contributed by atoms with Crippen molar-refractivity contribution in [1.82, 2.24) is 9.80 Å². The second-order valence-corrected chi connectivity index (χ2v) is 10.0. The molecule has 4 atom stereocenters. The quantitative estimate of drug-likeness (QED) is 0.642. The van der Waals surface area contributed by atoms with E-state index in [9.17, 15) is 14.4 Å². The third-order valence-corrected chi connectivity index (χ3v) is 5.17. The maximum atomic E-state index is 11.6. The standard InChI is InChI=1S/C10H15NO3.C10H17NO2/c1-10(2,3)14-9(13)11-7-4-6(7)5-8(11)12;1-10(2,3)13-9(12)11-5-4-7-6-8(7)11/h6-7H,4-5H2,1-3H3;7-8H,4-6H2,1-3H3. The van der Waals surface area contributed by atoms with E-state index in [0.29, 0.717) is 18.4 Å². The molecule has 4 fully saturated rings. The fraction of sp³-hybridized carbons (Fsp3) is 0.850. The van der Waals surface area contributed by atoms with Crippen molar-refractivity contribution in [2.24, 2.45) is 11.8 Å². The molecule has 4 rings (SSSR count). The summed E-state index contributed by atoms with van der Waals surface area (Å²) < 4.78 is 10.5. The van der Waals surface area contributed by atoms with E-state index in [2.05, 4.69) is 0 Å². The second-order valence-electron chi connectivity index (χ2n) is 10.0. The van der Waals surface area contributed by atoms with Crippen LogP contribution in [0.4, 0.5) is 9.59 Å². The predicted octanol–water partition coefficient (Wildman–Crippen LogP) is 3.56. The molecule has 3 amide bonds. The van der Waals surface area contributed by atoms with Gasteiger partial charge in [0.15, 0.2) is 0 Å². The van der Waals surface area contributed by atoms with E-state index < -0.39 is 11.7 Å². The number of likely N-dealkylation sites (tertiary alicyclic amines) is 2. The van der Waals surface area contributed by atoms with E-state index in [1.807, 2.05) is 25.7 Å². The lowest BCUT2D eigenvalue weighted by Gasteiger charge is -2.25. The molecule has 0 spiro atoms. The maximum Gasteiger partial charge on any atom is 0.417 e. The van der Waals surface area contributed by atoms with Gasteiger partial charge in [-0.3, -0.25) is 4.79 Å². The number of nitrogens with zero attached hydrogens (tertiary/aromatic N) is 2. The number of amides is 3. The molecule has 0 aromatic carbocycles. The van der Waals surface area contributed by atoms with Crippen molar-refractivity contribution in [2.45, 2.75) is 90.5 Å². The summed E-state index contributed by atoms with van der Waals surface area (Å²) in [6.45, 7) is 12.0. The first-order valence-corrected chi connectivity index (χ1v) is 9.90. The van der Waals surface area contributed by atoms with Gasteiger partial charge in [0.2, 0.25) is 5.91 Å². The van der Waals surface area contributed by atoms with Crippen molar-refractivity contribution in [3.05, 3.63) is 0 Å². The Morgan fingerprint density at radius 2 is 1.44 bits per heavy atom. The summed E-state index contributed by atoms with van der Waals surface area (Å²) in [4.78, 5) is 37.7. The van der Waals surface area contributed by atoms with Crippen LogP contribution in [0.5, 0.6) is 0 Å². The first-order chi connectivity index (χ1) is 12.4. The first kappa shape index (κ1) is 20.0. The third kappa shape index (κ3) is 4.93. The lowest BCUT2D eigenvalue weighted by Crippen LogP contribution is -2.39. The highest BCUT2D eigenvalue weighted by Gasteiger charge is 2.55. The Morgan fingerprint density at radius 1 is 0.889 bits per heavy atom. The van der Waals surface area contributed by atoms with E-state index in [-0.39, 0.29) is 23.6 Å². The number of piperidine rings is 2. The van der Waals surface area contributed by atoms with Crippen LogP contribution >= 0.6 is 0 Å². The molecule has 2 saturated carbocycles. The van der Waals surface area contributed by atoms with Gasteiger partial charge in [0, 0.05) is 25.0 Å². The average molecular weight is 380 g/mol. The van der Waals surface area contributed by atoms with Gasteiger partial charge in [-0.2, -0.15) is 0 Å². The smallest absolute Gasteiger partial charge is 0.417 e. The van der Waals surface area contributed by atoms with Gasteiger partial charge >= 0.3 is 12.2 Å². The van der Waals surface area contributed by atoms with Crippen LogP contribution < -0.4 is 0 Å². The van der Waals surface area contributed by atoms with Gasteiger partial charge < -0.3 is 14.4 Å². The van der Waals surface area contributed by atoms with Crippen molar-refractivity contribution in [3.63, 3.8) is 0 Å². The zero-order chi connectivity index (χ0) is 20.1. The van der Waals surface area contributed by atoms with Crippen molar-refractivity contribution in [3.8, 4) is 0 Å². The number of imide groups is 1. The number of hydrogen-bond donors (Lipinski definition) is 0. The Kier molecular flexibility index (Phi) is 4.93. The summed E-state index contributed by atoms with van der Waals surface area (Å²) in [5.74, 6) is 1.11. The molecule has 2 aliphatic heterocycles. The number of ether oxygens (including phenoxy) is 2. The number of carbonyl (C=O) groups is 3. The SMILES string of the molecule is CC(C)(C)OC(=O)N1C(=O)CC2CC21.CC(C)(C)OC(=O)N1CCC2CC21. The molecule has 7 nitrogen and oxygen atoms in total. The lowest BCUT2D eigenvalue weighted by atomic mass is 10.2. The van der Waals surface area contributed by atoms with Gasteiger partial charge in [-0.05, 0) is 72.6 Å². The van der Waals surface area contributed by atoms with Gasteiger partial charge in [-0.25, -0.2) is 14.5 Å². The molecule has 0 aromatic rings. The Bertz CT molecular complexity index is 633. The number of hydrogen-bond acceptors (Lipinski definition) is 5. The summed E-state index contributed by atoms with van der Waals surface area (Å²) >= 11 is 0. The normalized spacial score (nSPS) is 30.8. The molecule has 0 radical (unpaired) electrons. The zero-order valence-electron chi connectivity index (χ0n) is 17.3. The Morgan fingerprint density at radius 3 is 1.85 bits per heavy atom. The predicted molar refractivity (Wildman–Crippen MR) is 99.0 cm³/mol. The largest absolute Gasteiger partial charge is 0.444 e. The molecule has 7 heteroatoms. The van der Waals surface area contributed by atoms with Crippen molar-refractivity contribution < 1.29 is 23.9 Å². The second kappa shape index (κ2) is 6.67. The van der Waals surface area contributed by atoms with Gasteiger partial charge in [-0.15, -0.1) is 0 Å². The molecule has 0 N–H and O–H groups in total.